The van der Waals surface area contributed by atoms with Crippen molar-refractivity contribution in [2.75, 3.05) is 13.2 Å². The average Bonchev–Trinajstić information content (AvgIpc) is 2.28. The van der Waals surface area contributed by atoms with Crippen molar-refractivity contribution in [2.24, 2.45) is 0 Å². The fraction of sp³-hybridized carbons (Fsp3) is 0.692. The van der Waals surface area contributed by atoms with Crippen LogP contribution in [0.3, 0.4) is 0 Å². The molecule has 0 aromatic carbocycles. The maximum absolute atomic E-state index is 5.63. The highest BCUT2D eigenvalue weighted by molar-refractivity contribution is 4.94. The lowest BCUT2D eigenvalue weighted by atomic mass is 10.1. The highest BCUT2D eigenvalue weighted by Gasteiger charge is 2.13. The zero-order chi connectivity index (χ0) is 10.9. The maximum Gasteiger partial charge on any atom is 0.158 e. The summed E-state index contributed by atoms with van der Waals surface area (Å²) in [5.41, 5.74) is 1.16. The maximum atomic E-state index is 5.63. The van der Waals surface area contributed by atoms with Crippen LogP contribution in [-0.2, 0) is 9.47 Å². The van der Waals surface area contributed by atoms with Gasteiger partial charge in [-0.15, -0.1) is 6.58 Å². The van der Waals surface area contributed by atoms with Crippen LogP contribution in [0.25, 0.3) is 0 Å². The Labute approximate surface area is 93.0 Å². The Morgan fingerprint density at radius 1 is 1.47 bits per heavy atom. The van der Waals surface area contributed by atoms with E-state index in [-0.39, 0.29) is 6.29 Å². The van der Waals surface area contributed by atoms with Gasteiger partial charge in [0, 0.05) is 6.61 Å². The zero-order valence-corrected chi connectivity index (χ0v) is 9.54. The van der Waals surface area contributed by atoms with E-state index in [0.717, 1.165) is 37.9 Å². The lowest BCUT2D eigenvalue weighted by molar-refractivity contribution is -0.157. The molecule has 2 heteroatoms. The van der Waals surface area contributed by atoms with Crippen molar-refractivity contribution in [3.63, 3.8) is 0 Å². The molecule has 1 aliphatic rings. The van der Waals surface area contributed by atoms with E-state index in [0.29, 0.717) is 6.61 Å². The van der Waals surface area contributed by atoms with Crippen LogP contribution in [0.15, 0.2) is 24.8 Å². The molecule has 0 N–H and O–H groups in total. The van der Waals surface area contributed by atoms with Gasteiger partial charge in [0.2, 0.25) is 0 Å². The molecule has 0 radical (unpaired) electrons. The van der Waals surface area contributed by atoms with E-state index in [4.69, 9.17) is 9.47 Å². The first-order valence-corrected chi connectivity index (χ1v) is 5.83. The Morgan fingerprint density at radius 2 is 2.33 bits per heavy atom. The van der Waals surface area contributed by atoms with Crippen LogP contribution in [0.5, 0.6) is 0 Å². The molecule has 0 aromatic heterocycles. The quantitative estimate of drug-likeness (QED) is 0.473. The topological polar surface area (TPSA) is 18.5 Å². The van der Waals surface area contributed by atoms with Gasteiger partial charge in [0.25, 0.3) is 0 Å². The zero-order valence-electron chi connectivity index (χ0n) is 9.54. The number of hydrogen-bond donors (Lipinski definition) is 0. The van der Waals surface area contributed by atoms with E-state index in [2.05, 4.69) is 13.2 Å². The summed E-state index contributed by atoms with van der Waals surface area (Å²) in [6.07, 6.45) is 8.57. The van der Waals surface area contributed by atoms with Crippen LogP contribution < -0.4 is 0 Å². The molecule has 2 nitrogen and oxygen atoms in total. The van der Waals surface area contributed by atoms with Gasteiger partial charge < -0.3 is 9.47 Å². The van der Waals surface area contributed by atoms with Gasteiger partial charge in [-0.05, 0) is 38.5 Å². The Balaban J connectivity index is 2.02. The Kier molecular flexibility index (Phi) is 6.37. The molecule has 1 fully saturated rings. The molecule has 0 amide bonds. The van der Waals surface area contributed by atoms with Crippen molar-refractivity contribution < 1.29 is 9.47 Å². The summed E-state index contributed by atoms with van der Waals surface area (Å²) >= 11 is 0. The van der Waals surface area contributed by atoms with Gasteiger partial charge in [0.1, 0.15) is 0 Å². The number of allylic oxidation sites excluding steroid dienone is 1. The summed E-state index contributed by atoms with van der Waals surface area (Å²) in [5.74, 6) is 0. The Morgan fingerprint density at radius 3 is 3.00 bits per heavy atom. The number of unbranched alkanes of at least 4 members (excludes halogenated alkanes) is 1. The minimum Gasteiger partial charge on any atom is -0.353 e. The number of hydrogen-bond acceptors (Lipinski definition) is 2. The average molecular weight is 210 g/mol. The first-order chi connectivity index (χ1) is 7.33. The van der Waals surface area contributed by atoms with Crippen molar-refractivity contribution in [2.45, 2.75) is 44.8 Å². The first kappa shape index (κ1) is 12.5. The molecule has 86 valence electrons. The van der Waals surface area contributed by atoms with E-state index >= 15 is 0 Å². The van der Waals surface area contributed by atoms with Gasteiger partial charge in [-0.25, -0.2) is 0 Å². The van der Waals surface area contributed by atoms with Gasteiger partial charge in [0.15, 0.2) is 6.29 Å². The molecule has 1 heterocycles. The van der Waals surface area contributed by atoms with Gasteiger partial charge >= 0.3 is 0 Å². The Hall–Kier alpha value is -0.600. The summed E-state index contributed by atoms with van der Waals surface area (Å²) in [6, 6.07) is 0. The monoisotopic (exact) mass is 210 g/mol. The van der Waals surface area contributed by atoms with Crippen molar-refractivity contribution in [3.05, 3.63) is 24.8 Å². The van der Waals surface area contributed by atoms with Gasteiger partial charge in [-0.1, -0.05) is 18.2 Å². The Bertz CT molecular complexity index is 193. The molecule has 0 aliphatic carbocycles. The molecule has 1 rings (SSSR count). The summed E-state index contributed by atoms with van der Waals surface area (Å²) < 4.78 is 11.1. The molecule has 1 saturated heterocycles. The van der Waals surface area contributed by atoms with E-state index in [1.807, 2.05) is 6.08 Å². The largest absolute Gasteiger partial charge is 0.353 e. The van der Waals surface area contributed by atoms with Gasteiger partial charge in [-0.3, -0.25) is 0 Å². The molecule has 0 spiro atoms. The summed E-state index contributed by atoms with van der Waals surface area (Å²) in [7, 11) is 0. The van der Waals surface area contributed by atoms with E-state index in [1.54, 1.807) is 0 Å². The minimum absolute atomic E-state index is 0.00917. The first-order valence-electron chi connectivity index (χ1n) is 5.83. The van der Waals surface area contributed by atoms with Crippen molar-refractivity contribution in [1.82, 2.24) is 0 Å². The molecule has 0 saturated carbocycles. The van der Waals surface area contributed by atoms with Gasteiger partial charge in [0.05, 0.1) is 6.61 Å². The van der Waals surface area contributed by atoms with E-state index < -0.39 is 0 Å². The molecular formula is C13H22O2. The second-order valence-corrected chi connectivity index (χ2v) is 4.04. The molecule has 0 bridgehead atoms. The summed E-state index contributed by atoms with van der Waals surface area (Å²) in [4.78, 5) is 0. The number of ether oxygens (including phenoxy) is 2. The fourth-order valence-electron chi connectivity index (χ4n) is 1.62. The summed E-state index contributed by atoms with van der Waals surface area (Å²) in [5, 5.41) is 0. The van der Waals surface area contributed by atoms with Crippen molar-refractivity contribution >= 4 is 0 Å². The van der Waals surface area contributed by atoms with Crippen LogP contribution in [0, 0.1) is 0 Å². The third-order valence-corrected chi connectivity index (χ3v) is 2.55. The standard InChI is InChI=1S/C13H22O2/c1-3-4-5-8-12(2)11-15-13-9-6-7-10-14-13/h3,13H,1-2,4-11H2. The molecule has 1 aliphatic heterocycles. The van der Waals surface area contributed by atoms with Crippen LogP contribution in [0.1, 0.15) is 38.5 Å². The highest BCUT2D eigenvalue weighted by atomic mass is 16.7. The third kappa shape index (κ3) is 5.75. The van der Waals surface area contributed by atoms with Crippen LogP contribution in [0.4, 0.5) is 0 Å². The predicted octanol–water partition coefficient (Wildman–Crippen LogP) is 3.44. The second kappa shape index (κ2) is 7.66. The van der Waals surface area contributed by atoms with Crippen molar-refractivity contribution in [3.8, 4) is 0 Å². The lowest BCUT2D eigenvalue weighted by Gasteiger charge is -2.23. The van der Waals surface area contributed by atoms with Crippen LogP contribution >= 0.6 is 0 Å². The minimum atomic E-state index is 0.00917. The van der Waals surface area contributed by atoms with Crippen LogP contribution in [0.2, 0.25) is 0 Å². The van der Waals surface area contributed by atoms with Crippen molar-refractivity contribution in [1.29, 1.82) is 0 Å². The van der Waals surface area contributed by atoms with E-state index in [1.165, 1.54) is 12.8 Å². The molecule has 1 atom stereocenters. The highest BCUT2D eigenvalue weighted by Crippen LogP contribution is 2.15. The van der Waals surface area contributed by atoms with E-state index in [9.17, 15) is 0 Å². The normalized spacial score (nSPS) is 21.2. The molecule has 1 unspecified atom stereocenters. The third-order valence-electron chi connectivity index (χ3n) is 2.55. The van der Waals surface area contributed by atoms with Gasteiger partial charge in [-0.2, -0.15) is 0 Å². The predicted molar refractivity (Wildman–Crippen MR) is 62.7 cm³/mol. The van der Waals surface area contributed by atoms with Crippen LogP contribution in [-0.4, -0.2) is 19.5 Å². The summed E-state index contributed by atoms with van der Waals surface area (Å²) in [6.45, 7) is 9.17. The second-order valence-electron chi connectivity index (χ2n) is 4.04. The SMILES string of the molecule is C=CCCCC(=C)COC1CCCCO1. The smallest absolute Gasteiger partial charge is 0.158 e. The fourth-order valence-corrected chi connectivity index (χ4v) is 1.62. The molecular weight excluding hydrogens is 188 g/mol. The molecule has 0 aromatic rings. The lowest BCUT2D eigenvalue weighted by Crippen LogP contribution is -2.23. The number of rotatable bonds is 7. The molecule has 15 heavy (non-hydrogen) atoms.